The third-order valence-electron chi connectivity index (χ3n) is 15.2. The number of aromatic nitrogens is 2. The largest absolute Gasteiger partial charge is 0.457 e. The van der Waals surface area contributed by atoms with Gasteiger partial charge in [0.15, 0.2) is 0 Å². The lowest BCUT2D eigenvalue weighted by molar-refractivity contribution is 0.480. The summed E-state index contributed by atoms with van der Waals surface area (Å²) in [5.74, 6) is 2.44. The zero-order chi connectivity index (χ0) is 50.3. The lowest BCUT2D eigenvalue weighted by atomic mass is 9.75. The highest BCUT2D eigenvalue weighted by Crippen LogP contribution is 2.50. The molecule has 0 saturated heterocycles. The number of anilines is 4. The van der Waals surface area contributed by atoms with Crippen LogP contribution in [0.15, 0.2) is 176 Å². The van der Waals surface area contributed by atoms with Crippen LogP contribution in [-0.4, -0.2) is 16.2 Å². The third kappa shape index (κ3) is 8.90. The number of benzene rings is 7. The highest BCUT2D eigenvalue weighted by molar-refractivity contribution is 6.09. The minimum absolute atomic E-state index is 0.0269. The maximum absolute atomic E-state index is 7.18. The van der Waals surface area contributed by atoms with Gasteiger partial charge in [0, 0.05) is 51.3 Å². The minimum atomic E-state index is -0.343. The zero-order valence-electron chi connectivity index (χ0n) is 44.1. The number of ether oxygens (including phenoxy) is 1. The van der Waals surface area contributed by atoms with Crippen LogP contribution in [0.1, 0.15) is 129 Å². The highest BCUT2D eigenvalue weighted by atomic mass is 16.5. The van der Waals surface area contributed by atoms with E-state index in [9.17, 15) is 0 Å². The van der Waals surface area contributed by atoms with Crippen molar-refractivity contribution in [2.75, 3.05) is 16.5 Å². The predicted octanol–water partition coefficient (Wildman–Crippen LogP) is 17.8. The van der Waals surface area contributed by atoms with Crippen LogP contribution in [-0.2, 0) is 27.1 Å². The molecule has 0 atom stereocenters. The Bertz CT molecular complexity index is 3430. The van der Waals surface area contributed by atoms with E-state index < -0.39 is 0 Å². The monoisotopic (exact) mass is 935 g/mol. The smallest absolute Gasteiger partial charge is 0.137 e. The molecule has 71 heavy (non-hydrogen) atoms. The second kappa shape index (κ2) is 17.3. The summed E-state index contributed by atoms with van der Waals surface area (Å²) >= 11 is 0. The molecule has 5 nitrogen and oxygen atoms in total. The molecule has 2 aromatic heterocycles. The summed E-state index contributed by atoms with van der Waals surface area (Å²) < 4.78 is 9.46. The van der Waals surface area contributed by atoms with Gasteiger partial charge in [-0.3, -0.25) is 4.57 Å². The molecule has 0 aliphatic carbocycles. The fraction of sp³-hybridized carbons (Fsp3) is 0.288. The molecule has 0 amide bonds. The summed E-state index contributed by atoms with van der Waals surface area (Å²) in [6.07, 6.45) is 1.94. The van der Waals surface area contributed by atoms with Crippen LogP contribution >= 0.6 is 0 Å². The summed E-state index contributed by atoms with van der Waals surface area (Å²) in [5.41, 5.74) is 14.9. The van der Waals surface area contributed by atoms with Crippen LogP contribution in [0, 0.1) is 0 Å². The maximum atomic E-state index is 7.18. The quantitative estimate of drug-likeness (QED) is 0.144. The van der Waals surface area contributed by atoms with Crippen molar-refractivity contribution in [3.8, 4) is 17.3 Å². The van der Waals surface area contributed by atoms with Crippen molar-refractivity contribution in [3.05, 3.63) is 215 Å². The van der Waals surface area contributed by atoms with Crippen molar-refractivity contribution in [3.63, 3.8) is 0 Å². The molecule has 0 fully saturated rings. The van der Waals surface area contributed by atoms with E-state index in [0.717, 1.165) is 39.4 Å². The Morgan fingerprint density at radius 1 is 0.380 bits per heavy atom. The van der Waals surface area contributed by atoms with Crippen LogP contribution < -0.4 is 14.5 Å². The summed E-state index contributed by atoms with van der Waals surface area (Å²) in [4.78, 5) is 9.98. The number of hydrogen-bond donors (Lipinski definition) is 0. The van der Waals surface area contributed by atoms with Gasteiger partial charge in [-0.05, 0) is 122 Å². The summed E-state index contributed by atoms with van der Waals surface area (Å²) in [6, 6.07) is 62.5. The number of para-hydroxylation sites is 1. The normalized spacial score (nSPS) is 13.6. The Labute approximate surface area is 422 Å². The van der Waals surface area contributed by atoms with Crippen molar-refractivity contribution in [1.82, 2.24) is 9.55 Å². The van der Waals surface area contributed by atoms with Crippen molar-refractivity contribution in [1.29, 1.82) is 0 Å². The van der Waals surface area contributed by atoms with E-state index in [0.29, 0.717) is 6.67 Å². The van der Waals surface area contributed by atoms with Gasteiger partial charge in [-0.15, -0.1) is 0 Å². The number of rotatable bonds is 9. The van der Waals surface area contributed by atoms with Gasteiger partial charge in [-0.25, -0.2) is 4.98 Å². The summed E-state index contributed by atoms with van der Waals surface area (Å²) in [6.45, 7) is 30.6. The first-order valence-electron chi connectivity index (χ1n) is 25.4. The molecule has 1 aliphatic rings. The first-order chi connectivity index (χ1) is 33.6. The molecular weight excluding hydrogens is 865 g/mol. The first-order valence-corrected chi connectivity index (χ1v) is 25.4. The Hall–Kier alpha value is -7.11. The Balaban J connectivity index is 1.13. The van der Waals surface area contributed by atoms with E-state index >= 15 is 0 Å². The molecule has 1 aliphatic heterocycles. The van der Waals surface area contributed by atoms with E-state index in [1.54, 1.807) is 0 Å². The van der Waals surface area contributed by atoms with Gasteiger partial charge in [-0.1, -0.05) is 181 Å². The van der Waals surface area contributed by atoms with Gasteiger partial charge in [0.25, 0.3) is 0 Å². The minimum Gasteiger partial charge on any atom is -0.457 e. The van der Waals surface area contributed by atoms with E-state index in [1.165, 1.54) is 61.4 Å². The molecule has 9 aromatic rings. The lowest BCUT2D eigenvalue weighted by Gasteiger charge is -2.32. The van der Waals surface area contributed by atoms with Crippen molar-refractivity contribution >= 4 is 44.6 Å². The lowest BCUT2D eigenvalue weighted by Crippen LogP contribution is -2.27. The molecule has 0 bridgehead atoms. The molecule has 0 saturated carbocycles. The molecule has 3 heterocycles. The second-order valence-electron chi connectivity index (χ2n) is 24.0. The SMILES string of the molecule is CC(C)(C)c1cc(N2CN(c3cc(Oc4ccc5c6ccccc6n(-c6cc(C(C)(C)C)ccn6)c5c4)cc(C(C)(C)c4ccccc4)c3)c3cc(C(C)(C)C)ccc32)cc(C(C)(C)c2ccccc2)c1. The number of nitrogens with zero attached hydrogens (tertiary/aromatic N) is 4. The van der Waals surface area contributed by atoms with Crippen LogP contribution in [0.3, 0.4) is 0 Å². The van der Waals surface area contributed by atoms with E-state index in [4.69, 9.17) is 9.72 Å². The number of pyridine rings is 1. The third-order valence-corrected chi connectivity index (χ3v) is 15.2. The predicted molar refractivity (Wildman–Crippen MR) is 300 cm³/mol. The second-order valence-corrected chi connectivity index (χ2v) is 24.0. The van der Waals surface area contributed by atoms with Crippen LogP contribution in [0.25, 0.3) is 27.6 Å². The van der Waals surface area contributed by atoms with E-state index in [-0.39, 0.29) is 27.1 Å². The van der Waals surface area contributed by atoms with Gasteiger partial charge >= 0.3 is 0 Å². The van der Waals surface area contributed by atoms with Crippen molar-refractivity contribution in [2.24, 2.45) is 0 Å². The average molecular weight is 935 g/mol. The molecule has 0 N–H and O–H groups in total. The van der Waals surface area contributed by atoms with Crippen molar-refractivity contribution < 1.29 is 4.74 Å². The van der Waals surface area contributed by atoms with Crippen molar-refractivity contribution in [2.45, 2.75) is 117 Å². The molecule has 7 aromatic carbocycles. The Morgan fingerprint density at radius 3 is 1.55 bits per heavy atom. The van der Waals surface area contributed by atoms with E-state index in [2.05, 4.69) is 274 Å². The molecule has 10 rings (SSSR count). The molecule has 0 radical (unpaired) electrons. The topological polar surface area (TPSA) is 33.5 Å². The molecular formula is C66H70N4O. The maximum Gasteiger partial charge on any atom is 0.137 e. The number of hydrogen-bond acceptors (Lipinski definition) is 4. The zero-order valence-corrected chi connectivity index (χ0v) is 44.1. The fourth-order valence-electron chi connectivity index (χ4n) is 10.3. The Kier molecular flexibility index (Phi) is 11.6. The van der Waals surface area contributed by atoms with Gasteiger partial charge in [0.05, 0.1) is 22.4 Å². The molecule has 0 spiro atoms. The Morgan fingerprint density at radius 2 is 0.915 bits per heavy atom. The van der Waals surface area contributed by atoms with Crippen LogP contribution in [0.2, 0.25) is 0 Å². The van der Waals surface area contributed by atoms with Gasteiger partial charge in [0.2, 0.25) is 0 Å². The average Bonchev–Trinajstić information content (AvgIpc) is 3.89. The van der Waals surface area contributed by atoms with Gasteiger partial charge < -0.3 is 14.5 Å². The standard InChI is InChI=1S/C66H70N4O/c1-62(2,3)46-28-31-58-60(39-46)69(43-68(58)51-35-48(64(7,8)9)34-49(36-51)65(10,11)44-22-16-14-17-23-44)52-37-50(66(12,13)45-24-18-15-19-25-45)38-54(41-52)71-53-29-30-56-55-26-20-21-27-57(55)70(59(56)42-53)61-40-47(32-33-67-61)63(4,5)6/h14-42H,43H2,1-13H3. The van der Waals surface area contributed by atoms with E-state index in [1.807, 2.05) is 6.20 Å². The fourth-order valence-corrected chi connectivity index (χ4v) is 10.3. The molecule has 5 heteroatoms. The molecule has 360 valence electrons. The number of fused-ring (bicyclic) bond motifs is 4. The molecule has 0 unspecified atom stereocenters. The summed E-state index contributed by atoms with van der Waals surface area (Å²) in [5, 5.41) is 2.34. The van der Waals surface area contributed by atoms with Crippen LogP contribution in [0.5, 0.6) is 11.5 Å². The van der Waals surface area contributed by atoms with Crippen LogP contribution in [0.4, 0.5) is 22.7 Å². The van der Waals surface area contributed by atoms with Gasteiger partial charge in [-0.2, -0.15) is 0 Å². The highest BCUT2D eigenvalue weighted by Gasteiger charge is 2.34. The summed E-state index contributed by atoms with van der Waals surface area (Å²) in [7, 11) is 0. The van der Waals surface area contributed by atoms with Gasteiger partial charge in [0.1, 0.15) is 24.0 Å². The first kappa shape index (κ1) is 47.6.